The number of hydrogen-bond donors (Lipinski definition) is 2. The van der Waals surface area contributed by atoms with Crippen molar-refractivity contribution in [1.82, 2.24) is 5.01 Å². The van der Waals surface area contributed by atoms with Gasteiger partial charge in [-0.2, -0.15) is 5.01 Å². The first-order valence-corrected chi connectivity index (χ1v) is 17.9. The van der Waals surface area contributed by atoms with Crippen LogP contribution >= 0.6 is 0 Å². The van der Waals surface area contributed by atoms with Gasteiger partial charge in [0.25, 0.3) is 11.8 Å². The maximum absolute atomic E-state index is 15.5. The second-order valence-electron chi connectivity index (χ2n) is 14.5. The maximum atomic E-state index is 15.5. The van der Waals surface area contributed by atoms with E-state index >= 15 is 4.79 Å². The number of aryl methyl sites for hydroxylation is 1. The Bertz CT molecular complexity index is 2230. The highest BCUT2D eigenvalue weighted by Gasteiger charge is 2.71. The molecule has 8 rings (SSSR count). The van der Waals surface area contributed by atoms with E-state index in [2.05, 4.69) is 5.43 Å². The average molecular weight is 726 g/mol. The molecule has 54 heavy (non-hydrogen) atoms. The molecule has 1 saturated carbocycles. The first kappa shape index (κ1) is 34.8. The number of phenolic OH excluding ortho intramolecular Hbond substituents is 1. The molecule has 11 heteroatoms. The number of allylic oxidation sites excluding steroid dienone is 2. The third-order valence-corrected chi connectivity index (χ3v) is 11.7. The molecule has 2 aliphatic carbocycles. The molecule has 4 aliphatic rings. The Morgan fingerprint density at radius 3 is 2.09 bits per heavy atom. The molecule has 4 aromatic carbocycles. The van der Waals surface area contributed by atoms with Crippen LogP contribution in [0.5, 0.6) is 17.2 Å². The standard InChI is InChI=1S/C43H39N3O8/c1-23-10-14-27(15-11-23)44-46-40(50)33-22-32-30(18-19-31-36(32)41(51)45(39(31)49)28-16-12-25(13-17-28)24(2)47)38(37-34(53-3)20-29(48)21-35(37)54-4)43(33,42(46)52)26-8-6-5-7-9-26/h5-18,20-21,31-33,36,38,44,48H,19,22H2,1-4H3/t31-,32+,33-,36-,38+,43+/m0/s1. The minimum absolute atomic E-state index is 0.105. The SMILES string of the molecule is COc1cc(O)cc(OC)c1[C@H]1C2=CC[C@@H]3C(=O)N(c4ccc(C(C)=O)cc4)C(=O)[C@@H]3[C@@H]2C[C@H]2C(=O)N(Nc3ccc(C)cc3)C(=O)[C@@]12c1ccccc1. The van der Waals surface area contributed by atoms with Crippen molar-refractivity contribution in [3.8, 4) is 17.2 Å². The summed E-state index contributed by atoms with van der Waals surface area (Å²) in [7, 11) is 2.91. The highest BCUT2D eigenvalue weighted by Crippen LogP contribution is 2.66. The number of rotatable bonds is 8. The Balaban J connectivity index is 1.34. The van der Waals surface area contributed by atoms with Crippen LogP contribution in [0.1, 0.15) is 52.7 Å². The molecular weight excluding hydrogens is 686 g/mol. The molecule has 274 valence electrons. The molecule has 4 amide bonds. The number of amides is 4. The number of fused-ring (bicyclic) bond motifs is 4. The summed E-state index contributed by atoms with van der Waals surface area (Å²) in [5.74, 6) is -5.61. The lowest BCUT2D eigenvalue weighted by molar-refractivity contribution is -0.138. The predicted molar refractivity (Wildman–Crippen MR) is 199 cm³/mol. The van der Waals surface area contributed by atoms with Crippen molar-refractivity contribution in [2.75, 3.05) is 24.5 Å². The quantitative estimate of drug-likeness (QED) is 0.125. The van der Waals surface area contributed by atoms with E-state index < -0.39 is 52.7 Å². The number of carbonyl (C=O) groups excluding carboxylic acids is 5. The van der Waals surface area contributed by atoms with Crippen molar-refractivity contribution < 1.29 is 38.6 Å². The maximum Gasteiger partial charge on any atom is 0.260 e. The minimum Gasteiger partial charge on any atom is -0.508 e. The summed E-state index contributed by atoms with van der Waals surface area (Å²) in [6.45, 7) is 3.39. The molecule has 0 aromatic heterocycles. The summed E-state index contributed by atoms with van der Waals surface area (Å²) in [5.41, 5.74) is 5.65. The first-order chi connectivity index (χ1) is 26.0. The lowest BCUT2D eigenvalue weighted by Gasteiger charge is -2.51. The molecule has 4 aromatic rings. The average Bonchev–Trinajstić information content (AvgIpc) is 3.56. The van der Waals surface area contributed by atoms with Crippen molar-refractivity contribution in [3.05, 3.63) is 125 Å². The molecule has 2 N–H and O–H groups in total. The van der Waals surface area contributed by atoms with Crippen LogP contribution in [0, 0.1) is 30.6 Å². The van der Waals surface area contributed by atoms with Gasteiger partial charge in [0.1, 0.15) is 17.2 Å². The number of hydrogen-bond acceptors (Lipinski definition) is 9. The third-order valence-electron chi connectivity index (χ3n) is 11.7. The Labute approximate surface area is 312 Å². The van der Waals surface area contributed by atoms with Crippen LogP contribution in [-0.4, -0.2) is 53.7 Å². The van der Waals surface area contributed by atoms with E-state index in [1.807, 2.05) is 55.5 Å². The predicted octanol–water partition coefficient (Wildman–Crippen LogP) is 6.11. The summed E-state index contributed by atoms with van der Waals surface area (Å²) >= 11 is 0. The van der Waals surface area contributed by atoms with Gasteiger partial charge in [-0.3, -0.25) is 34.3 Å². The first-order valence-electron chi connectivity index (χ1n) is 17.9. The number of imide groups is 2. The number of methoxy groups -OCH3 is 2. The van der Waals surface area contributed by atoms with E-state index in [0.29, 0.717) is 33.6 Å². The number of benzene rings is 4. The highest BCUT2D eigenvalue weighted by molar-refractivity contribution is 6.22. The number of hydrazine groups is 1. The molecule has 2 saturated heterocycles. The second-order valence-corrected chi connectivity index (χ2v) is 14.5. The number of ketones is 1. The van der Waals surface area contributed by atoms with Gasteiger partial charge in [-0.25, -0.2) is 0 Å². The zero-order valence-corrected chi connectivity index (χ0v) is 30.2. The summed E-state index contributed by atoms with van der Waals surface area (Å²) in [4.78, 5) is 72.4. The van der Waals surface area contributed by atoms with Crippen molar-refractivity contribution in [2.45, 2.75) is 38.0 Å². The summed E-state index contributed by atoms with van der Waals surface area (Å²) < 4.78 is 11.8. The van der Waals surface area contributed by atoms with Gasteiger partial charge in [-0.15, -0.1) is 0 Å². The van der Waals surface area contributed by atoms with Crippen molar-refractivity contribution in [2.24, 2.45) is 23.7 Å². The fraction of sp³-hybridized carbons (Fsp3) is 0.279. The third kappa shape index (κ3) is 5.05. The Hall–Kier alpha value is -6.23. The molecule has 6 atom stereocenters. The molecule has 11 nitrogen and oxygen atoms in total. The number of nitrogens with zero attached hydrogens (tertiary/aromatic N) is 2. The smallest absolute Gasteiger partial charge is 0.260 e. The lowest BCUT2D eigenvalue weighted by atomic mass is 9.49. The largest absolute Gasteiger partial charge is 0.508 e. The molecule has 2 heterocycles. The monoisotopic (exact) mass is 725 g/mol. The van der Waals surface area contributed by atoms with E-state index in [9.17, 15) is 24.3 Å². The number of Topliss-reactive ketones (excluding diaryl/α,β-unsaturated/α-hetero) is 1. The summed E-state index contributed by atoms with van der Waals surface area (Å²) in [6.07, 6.45) is 2.27. The van der Waals surface area contributed by atoms with Crippen molar-refractivity contribution in [1.29, 1.82) is 0 Å². The minimum atomic E-state index is -1.56. The Morgan fingerprint density at radius 2 is 1.48 bits per heavy atom. The second kappa shape index (κ2) is 13.0. The fourth-order valence-electron chi connectivity index (χ4n) is 9.37. The van der Waals surface area contributed by atoms with Crippen LogP contribution in [0.15, 0.2) is 103 Å². The van der Waals surface area contributed by atoms with Crippen LogP contribution in [0.2, 0.25) is 0 Å². The van der Waals surface area contributed by atoms with E-state index in [-0.39, 0.29) is 41.8 Å². The van der Waals surface area contributed by atoms with Gasteiger partial charge in [-0.05, 0) is 74.6 Å². The van der Waals surface area contributed by atoms with Crippen molar-refractivity contribution >= 4 is 40.8 Å². The fourth-order valence-corrected chi connectivity index (χ4v) is 9.37. The zero-order valence-electron chi connectivity index (χ0n) is 30.2. The Morgan fingerprint density at radius 1 is 0.833 bits per heavy atom. The van der Waals surface area contributed by atoms with Crippen LogP contribution in [0.25, 0.3) is 0 Å². The van der Waals surface area contributed by atoms with E-state index in [1.54, 1.807) is 36.4 Å². The van der Waals surface area contributed by atoms with Gasteiger partial charge in [0.05, 0.1) is 48.8 Å². The van der Waals surface area contributed by atoms with Gasteiger partial charge in [0.2, 0.25) is 11.8 Å². The van der Waals surface area contributed by atoms with Gasteiger partial charge >= 0.3 is 0 Å². The van der Waals surface area contributed by atoms with Gasteiger partial charge in [0.15, 0.2) is 5.78 Å². The van der Waals surface area contributed by atoms with Gasteiger partial charge < -0.3 is 14.6 Å². The number of carbonyl (C=O) groups is 5. The van der Waals surface area contributed by atoms with Crippen LogP contribution in [0.4, 0.5) is 11.4 Å². The molecular formula is C43H39N3O8. The normalized spacial score (nSPS) is 25.9. The van der Waals surface area contributed by atoms with E-state index in [0.717, 1.165) is 10.6 Å². The molecule has 0 bridgehead atoms. The number of nitrogens with one attached hydrogen (secondary N) is 1. The lowest BCUT2D eigenvalue weighted by Crippen LogP contribution is -2.53. The molecule has 2 aliphatic heterocycles. The number of anilines is 2. The Kier molecular flexibility index (Phi) is 8.39. The number of phenols is 1. The highest BCUT2D eigenvalue weighted by atomic mass is 16.5. The molecule has 0 unspecified atom stereocenters. The summed E-state index contributed by atoms with van der Waals surface area (Å²) in [5, 5.41) is 11.8. The van der Waals surface area contributed by atoms with Crippen LogP contribution in [-0.2, 0) is 24.6 Å². The number of aromatic hydroxyl groups is 1. The van der Waals surface area contributed by atoms with Gasteiger partial charge in [-0.1, -0.05) is 59.7 Å². The van der Waals surface area contributed by atoms with Crippen LogP contribution in [0.3, 0.4) is 0 Å². The topological polar surface area (TPSA) is 143 Å². The van der Waals surface area contributed by atoms with Gasteiger partial charge in [0, 0.05) is 29.2 Å². The van der Waals surface area contributed by atoms with Crippen LogP contribution < -0.4 is 19.8 Å². The van der Waals surface area contributed by atoms with Crippen molar-refractivity contribution in [3.63, 3.8) is 0 Å². The summed E-state index contributed by atoms with van der Waals surface area (Å²) in [6, 6.07) is 25.8. The van der Waals surface area contributed by atoms with E-state index in [4.69, 9.17) is 9.47 Å². The number of ether oxygens (including phenoxy) is 2. The molecule has 3 fully saturated rings. The van der Waals surface area contributed by atoms with E-state index in [1.165, 1.54) is 38.2 Å². The zero-order chi connectivity index (χ0) is 38.1. The molecule has 0 spiro atoms. The molecule has 0 radical (unpaired) electrons.